The number of aromatic nitrogens is 3. The Labute approximate surface area is 391 Å². The number of carbonyl (C=O) groups is 4. The Morgan fingerprint density at radius 1 is 0.985 bits per heavy atom. The summed E-state index contributed by atoms with van der Waals surface area (Å²) in [6, 6.07) is 17.9. The van der Waals surface area contributed by atoms with Crippen molar-refractivity contribution >= 4 is 40.5 Å². The highest BCUT2D eigenvalue weighted by atomic mass is 19.1. The molecule has 5 heterocycles. The predicted molar refractivity (Wildman–Crippen MR) is 256 cm³/mol. The third-order valence-electron chi connectivity index (χ3n) is 14.4. The second-order valence-electron chi connectivity index (χ2n) is 19.1. The molecule has 4 N–H and O–H groups in total. The molecule has 3 aliphatic rings. The fourth-order valence-corrected chi connectivity index (χ4v) is 10.2. The van der Waals surface area contributed by atoms with Crippen LogP contribution in [-0.4, -0.2) is 113 Å². The van der Waals surface area contributed by atoms with Gasteiger partial charge in [0.25, 0.3) is 5.91 Å². The SMILES string of the molecule is CCC1(CCNCCc2ccc(-c3cc4c(-c5cc(F)cc(CC(=O)N6C[C@@H](CC(C)C)[C@@H](O)C6)c5C)ncnc4[nH]3)cc2)CCN(C(=O)c2ccc(OC)c(N3CCC(=O)NC3=O)c2)CC1. The maximum Gasteiger partial charge on any atom is 0.328 e. The van der Waals surface area contributed by atoms with Gasteiger partial charge in [-0.1, -0.05) is 51.5 Å². The molecule has 0 bridgehead atoms. The molecule has 0 unspecified atom stereocenters. The van der Waals surface area contributed by atoms with Gasteiger partial charge < -0.3 is 29.9 Å². The van der Waals surface area contributed by atoms with Crippen LogP contribution in [0.1, 0.15) is 86.3 Å². The molecule has 3 fully saturated rings. The molecule has 0 aliphatic carbocycles. The van der Waals surface area contributed by atoms with Crippen LogP contribution in [0.4, 0.5) is 14.9 Å². The number of hydrogen-bond donors (Lipinski definition) is 4. The van der Waals surface area contributed by atoms with Crippen molar-refractivity contribution in [1.82, 2.24) is 35.4 Å². The maximum atomic E-state index is 15.3. The molecule has 3 aromatic carbocycles. The highest BCUT2D eigenvalue weighted by Crippen LogP contribution is 2.39. The fourth-order valence-electron chi connectivity index (χ4n) is 10.2. The van der Waals surface area contributed by atoms with Gasteiger partial charge >= 0.3 is 6.03 Å². The van der Waals surface area contributed by atoms with Gasteiger partial charge in [-0.05, 0) is 122 Å². The molecule has 15 heteroatoms. The molecule has 2 aromatic heterocycles. The zero-order chi connectivity index (χ0) is 47.4. The maximum absolute atomic E-state index is 15.3. The van der Waals surface area contributed by atoms with Gasteiger partial charge in [0.15, 0.2) is 0 Å². The van der Waals surface area contributed by atoms with Gasteiger partial charge in [0.2, 0.25) is 11.8 Å². The molecule has 14 nitrogen and oxygen atoms in total. The van der Waals surface area contributed by atoms with Crippen LogP contribution in [0, 0.1) is 30.0 Å². The Morgan fingerprint density at radius 2 is 1.76 bits per heavy atom. The van der Waals surface area contributed by atoms with Crippen molar-refractivity contribution in [3.05, 3.63) is 95.1 Å². The summed E-state index contributed by atoms with van der Waals surface area (Å²) in [6.07, 6.45) is 6.72. The molecular weight excluding hydrogens is 852 g/mol. The van der Waals surface area contributed by atoms with Crippen molar-refractivity contribution in [2.24, 2.45) is 17.3 Å². The van der Waals surface area contributed by atoms with Crippen molar-refractivity contribution < 1.29 is 33.4 Å². The van der Waals surface area contributed by atoms with Crippen LogP contribution in [0.15, 0.2) is 67.0 Å². The average Bonchev–Trinajstić information content (AvgIpc) is 3.93. The van der Waals surface area contributed by atoms with Gasteiger partial charge in [0, 0.05) is 67.3 Å². The van der Waals surface area contributed by atoms with E-state index >= 15 is 4.39 Å². The number of anilines is 1. The number of β-amino-alcohol motifs (C(OH)–C–C–N with tert-alkyl or cyclic N) is 1. The van der Waals surface area contributed by atoms with E-state index in [1.807, 2.05) is 17.9 Å². The Hall–Kier alpha value is -6.19. The Kier molecular flexibility index (Phi) is 14.4. The predicted octanol–water partition coefficient (Wildman–Crippen LogP) is 7.46. The highest BCUT2D eigenvalue weighted by molar-refractivity contribution is 6.07. The minimum absolute atomic E-state index is 0.0409. The molecule has 0 saturated carbocycles. The number of nitrogens with one attached hydrogen (secondary N) is 3. The largest absolute Gasteiger partial charge is 0.495 e. The molecular formula is C52H63FN8O6. The van der Waals surface area contributed by atoms with E-state index in [0.717, 1.165) is 73.8 Å². The van der Waals surface area contributed by atoms with Crippen molar-refractivity contribution in [2.75, 3.05) is 57.8 Å². The number of piperidine rings is 1. The lowest BCUT2D eigenvalue weighted by Crippen LogP contribution is -2.49. The highest BCUT2D eigenvalue weighted by Gasteiger charge is 2.36. The monoisotopic (exact) mass is 914 g/mol. The Bertz CT molecular complexity index is 2620. The fraction of sp³-hybridized carbons (Fsp3) is 0.462. The molecule has 67 heavy (non-hydrogen) atoms. The number of hydrogen-bond acceptors (Lipinski definition) is 9. The number of nitrogens with zero attached hydrogens (tertiary/aromatic N) is 5. The van der Waals surface area contributed by atoms with Crippen LogP contribution >= 0.6 is 0 Å². The third kappa shape index (κ3) is 10.5. The number of H-pyrrole nitrogens is 1. The minimum atomic E-state index is -0.547. The first-order valence-corrected chi connectivity index (χ1v) is 23.7. The lowest BCUT2D eigenvalue weighted by molar-refractivity contribution is -0.129. The van der Waals surface area contributed by atoms with E-state index in [0.29, 0.717) is 71.6 Å². The quantitative estimate of drug-likeness (QED) is 0.0734. The van der Waals surface area contributed by atoms with E-state index in [9.17, 15) is 24.3 Å². The third-order valence-corrected chi connectivity index (χ3v) is 14.4. The van der Waals surface area contributed by atoms with Gasteiger partial charge in [0.05, 0.1) is 31.0 Å². The summed E-state index contributed by atoms with van der Waals surface area (Å²) in [5.74, 6) is -0.0334. The Morgan fingerprint density at radius 3 is 2.48 bits per heavy atom. The number of methoxy groups -OCH3 is 1. The number of rotatable bonds is 16. The van der Waals surface area contributed by atoms with Crippen molar-refractivity contribution in [3.63, 3.8) is 0 Å². The molecule has 3 aliphatic heterocycles. The number of carbonyl (C=O) groups excluding carboxylic acids is 4. The molecule has 0 spiro atoms. The number of urea groups is 1. The average molecular weight is 915 g/mol. The number of imide groups is 1. The van der Waals surface area contributed by atoms with E-state index < -0.39 is 18.0 Å². The number of ether oxygens (including phenoxy) is 1. The Balaban J connectivity index is 0.836. The van der Waals surface area contributed by atoms with Crippen LogP contribution in [0.5, 0.6) is 5.75 Å². The molecule has 3 saturated heterocycles. The summed E-state index contributed by atoms with van der Waals surface area (Å²) in [5, 5.41) is 17.4. The first kappa shape index (κ1) is 47.3. The number of fused-ring (bicyclic) bond motifs is 1. The van der Waals surface area contributed by atoms with Gasteiger partial charge in [-0.25, -0.2) is 19.2 Å². The second-order valence-corrected chi connectivity index (χ2v) is 19.1. The topological polar surface area (TPSA) is 173 Å². The smallest absolute Gasteiger partial charge is 0.328 e. The van der Waals surface area contributed by atoms with Crippen LogP contribution in [0.3, 0.4) is 0 Å². The second kappa shape index (κ2) is 20.4. The molecule has 354 valence electrons. The van der Waals surface area contributed by atoms with Crippen LogP contribution in [-0.2, 0) is 22.4 Å². The molecule has 5 aromatic rings. The summed E-state index contributed by atoms with van der Waals surface area (Å²) in [7, 11) is 1.52. The van der Waals surface area contributed by atoms with Gasteiger partial charge in [-0.2, -0.15) is 0 Å². The number of halogens is 1. The van der Waals surface area contributed by atoms with Gasteiger partial charge in [0.1, 0.15) is 23.5 Å². The molecule has 2 atom stereocenters. The van der Waals surface area contributed by atoms with Gasteiger partial charge in [-0.15, -0.1) is 0 Å². The number of aliphatic hydroxyl groups is 1. The summed E-state index contributed by atoms with van der Waals surface area (Å²) in [6.45, 7) is 12.4. The van der Waals surface area contributed by atoms with Crippen molar-refractivity contribution in [2.45, 2.75) is 85.2 Å². The lowest BCUT2D eigenvalue weighted by atomic mass is 9.73. The lowest BCUT2D eigenvalue weighted by Gasteiger charge is -2.42. The molecule has 0 radical (unpaired) electrons. The number of aromatic amines is 1. The number of likely N-dealkylation sites (tertiary alicyclic amines) is 2. The van der Waals surface area contributed by atoms with Crippen LogP contribution < -0.4 is 20.3 Å². The van der Waals surface area contributed by atoms with E-state index in [2.05, 4.69) is 70.6 Å². The van der Waals surface area contributed by atoms with Crippen LogP contribution in [0.2, 0.25) is 0 Å². The summed E-state index contributed by atoms with van der Waals surface area (Å²) in [5.41, 5.74) is 7.37. The zero-order valence-electron chi connectivity index (χ0n) is 39.3. The van der Waals surface area contributed by atoms with E-state index in [1.165, 1.54) is 36.0 Å². The van der Waals surface area contributed by atoms with Crippen molar-refractivity contribution in [1.29, 1.82) is 0 Å². The number of benzene rings is 3. The first-order valence-electron chi connectivity index (χ1n) is 23.7. The van der Waals surface area contributed by atoms with Gasteiger partial charge in [-0.3, -0.25) is 24.6 Å². The summed E-state index contributed by atoms with van der Waals surface area (Å²) in [4.78, 5) is 69.0. The minimum Gasteiger partial charge on any atom is -0.495 e. The zero-order valence-corrected chi connectivity index (χ0v) is 39.3. The van der Waals surface area contributed by atoms with E-state index in [4.69, 9.17) is 4.74 Å². The number of amides is 5. The number of aliphatic hydroxyl groups excluding tert-OH is 1. The normalized spacial score (nSPS) is 18.5. The summed E-state index contributed by atoms with van der Waals surface area (Å²) >= 11 is 0. The van der Waals surface area contributed by atoms with E-state index in [-0.39, 0.29) is 48.4 Å². The summed E-state index contributed by atoms with van der Waals surface area (Å²) < 4.78 is 20.8. The van der Waals surface area contributed by atoms with E-state index in [1.54, 1.807) is 23.1 Å². The van der Waals surface area contributed by atoms with Crippen molar-refractivity contribution in [3.8, 4) is 28.3 Å². The van der Waals surface area contributed by atoms with Crippen LogP contribution in [0.25, 0.3) is 33.5 Å². The standard InChI is InChI=1S/C52H63FN8O6/c1-6-52(16-21-59(22-17-52)50(65)36-11-12-45(67-5)43(25-36)61-20-14-46(63)58-51(61)66)15-19-54-18-13-34-7-9-35(10-8-34)42-28-41-48(55-31-56-49(41)57-42)40-27-39(53)24-37(33(40)4)26-47(64)60-29-38(23-32(2)3)44(62)30-60/h7-12,24-25,27-28,31-32,38,44,54,62H,6,13-23,26,29-30H2,1-5H3,(H,55,56,57)(H,58,63,66)/t38-,44+/m1/s1. The molecule has 5 amide bonds. The molecule has 8 rings (SSSR count). The first-order chi connectivity index (χ1) is 32.2.